The highest BCUT2D eigenvalue weighted by Gasteiger charge is 2.30. The van der Waals surface area contributed by atoms with Crippen LogP contribution in [-0.4, -0.2) is 28.3 Å². The minimum atomic E-state index is -0.0371. The minimum Gasteiger partial charge on any atom is -0.385 e. The lowest BCUT2D eigenvalue weighted by molar-refractivity contribution is 0.190. The standard InChI is InChI=1S/C14H20N4O/c1-19-9-3-4-11(15)13-17-12-5-2-8-16-14(12)18(13)10-6-7-10/h2,5,8,10-11H,3-4,6-7,9,15H2,1H3. The number of aromatic nitrogens is 3. The van der Waals surface area contributed by atoms with E-state index in [1.807, 2.05) is 18.3 Å². The smallest absolute Gasteiger partial charge is 0.160 e. The lowest BCUT2D eigenvalue weighted by Gasteiger charge is -2.13. The second-order valence-electron chi connectivity index (χ2n) is 5.16. The summed E-state index contributed by atoms with van der Waals surface area (Å²) < 4.78 is 7.32. The van der Waals surface area contributed by atoms with Gasteiger partial charge in [0.2, 0.25) is 0 Å². The van der Waals surface area contributed by atoms with Crippen molar-refractivity contribution in [1.82, 2.24) is 14.5 Å². The number of nitrogens with two attached hydrogens (primary N) is 1. The maximum Gasteiger partial charge on any atom is 0.160 e. The first-order chi connectivity index (χ1) is 9.31. The van der Waals surface area contributed by atoms with Crippen LogP contribution in [0.4, 0.5) is 0 Å². The van der Waals surface area contributed by atoms with Gasteiger partial charge in [0.05, 0.1) is 6.04 Å². The average molecular weight is 260 g/mol. The number of fused-ring (bicyclic) bond motifs is 1. The van der Waals surface area contributed by atoms with Gasteiger partial charge >= 0.3 is 0 Å². The van der Waals surface area contributed by atoms with Gasteiger partial charge in [0.15, 0.2) is 5.65 Å². The molecule has 0 bridgehead atoms. The molecule has 5 heteroatoms. The monoisotopic (exact) mass is 260 g/mol. The molecule has 102 valence electrons. The van der Waals surface area contributed by atoms with Crippen molar-refractivity contribution in [2.24, 2.45) is 5.73 Å². The quantitative estimate of drug-likeness (QED) is 0.808. The second-order valence-corrected chi connectivity index (χ2v) is 5.16. The fourth-order valence-corrected chi connectivity index (χ4v) is 2.48. The molecule has 5 nitrogen and oxygen atoms in total. The Labute approximate surface area is 112 Å². The summed E-state index contributed by atoms with van der Waals surface area (Å²) in [6.07, 6.45) is 6.09. The van der Waals surface area contributed by atoms with Crippen LogP contribution in [0.1, 0.15) is 43.6 Å². The van der Waals surface area contributed by atoms with Gasteiger partial charge in [-0.25, -0.2) is 9.97 Å². The van der Waals surface area contributed by atoms with Crippen molar-refractivity contribution in [2.75, 3.05) is 13.7 Å². The molecule has 0 radical (unpaired) electrons. The maximum atomic E-state index is 6.30. The summed E-state index contributed by atoms with van der Waals surface area (Å²) in [4.78, 5) is 9.15. The molecule has 1 fully saturated rings. The van der Waals surface area contributed by atoms with Crippen molar-refractivity contribution in [1.29, 1.82) is 0 Å². The van der Waals surface area contributed by atoms with Crippen molar-refractivity contribution in [3.63, 3.8) is 0 Å². The Morgan fingerprint density at radius 3 is 3.11 bits per heavy atom. The average Bonchev–Trinajstić information content (AvgIpc) is 3.18. The molecule has 0 amide bonds. The van der Waals surface area contributed by atoms with Gasteiger partial charge in [-0.1, -0.05) is 0 Å². The van der Waals surface area contributed by atoms with E-state index in [0.717, 1.165) is 36.4 Å². The highest BCUT2D eigenvalue weighted by molar-refractivity contribution is 5.71. The highest BCUT2D eigenvalue weighted by atomic mass is 16.5. The number of hydrogen-bond donors (Lipinski definition) is 1. The summed E-state index contributed by atoms with van der Waals surface area (Å²) in [5.41, 5.74) is 8.22. The summed E-state index contributed by atoms with van der Waals surface area (Å²) in [7, 11) is 1.72. The summed E-state index contributed by atoms with van der Waals surface area (Å²) in [6, 6.07) is 4.44. The number of ether oxygens (including phenoxy) is 1. The van der Waals surface area contributed by atoms with E-state index >= 15 is 0 Å². The SMILES string of the molecule is COCCCC(N)c1nc2cccnc2n1C1CC1. The number of nitrogens with zero attached hydrogens (tertiary/aromatic N) is 3. The van der Waals surface area contributed by atoms with Gasteiger partial charge in [0.25, 0.3) is 0 Å². The molecule has 0 spiro atoms. The van der Waals surface area contributed by atoms with Crippen LogP contribution in [0.5, 0.6) is 0 Å². The third-order valence-electron chi connectivity index (χ3n) is 3.58. The van der Waals surface area contributed by atoms with E-state index in [-0.39, 0.29) is 6.04 Å². The molecule has 19 heavy (non-hydrogen) atoms. The van der Waals surface area contributed by atoms with E-state index in [1.54, 1.807) is 7.11 Å². The number of rotatable bonds is 6. The Morgan fingerprint density at radius 1 is 1.53 bits per heavy atom. The molecule has 1 saturated carbocycles. The fourth-order valence-electron chi connectivity index (χ4n) is 2.48. The van der Waals surface area contributed by atoms with E-state index in [1.165, 1.54) is 12.8 Å². The van der Waals surface area contributed by atoms with Crippen molar-refractivity contribution in [3.05, 3.63) is 24.2 Å². The molecule has 1 unspecified atom stereocenters. The van der Waals surface area contributed by atoms with Gasteiger partial charge < -0.3 is 15.0 Å². The van der Waals surface area contributed by atoms with Crippen LogP contribution in [0, 0.1) is 0 Å². The van der Waals surface area contributed by atoms with E-state index in [4.69, 9.17) is 10.5 Å². The third kappa shape index (κ3) is 2.48. The summed E-state index contributed by atoms with van der Waals surface area (Å²) in [5, 5.41) is 0. The van der Waals surface area contributed by atoms with E-state index in [2.05, 4.69) is 14.5 Å². The Kier molecular flexibility index (Phi) is 3.48. The topological polar surface area (TPSA) is 66.0 Å². The lowest BCUT2D eigenvalue weighted by Crippen LogP contribution is -2.17. The first-order valence-electron chi connectivity index (χ1n) is 6.88. The van der Waals surface area contributed by atoms with Crippen LogP contribution in [0.2, 0.25) is 0 Å². The normalized spacial score (nSPS) is 16.9. The molecule has 1 aliphatic carbocycles. The van der Waals surface area contributed by atoms with E-state index in [9.17, 15) is 0 Å². The molecule has 2 aromatic heterocycles. The molecule has 2 heterocycles. The van der Waals surface area contributed by atoms with Crippen LogP contribution in [-0.2, 0) is 4.74 Å². The summed E-state index contributed by atoms with van der Waals surface area (Å²) >= 11 is 0. The van der Waals surface area contributed by atoms with Crippen LogP contribution < -0.4 is 5.73 Å². The summed E-state index contributed by atoms with van der Waals surface area (Å²) in [5.74, 6) is 0.979. The van der Waals surface area contributed by atoms with Gasteiger partial charge in [-0.15, -0.1) is 0 Å². The Morgan fingerprint density at radius 2 is 2.37 bits per heavy atom. The van der Waals surface area contributed by atoms with Gasteiger partial charge in [0, 0.05) is 26.0 Å². The first-order valence-corrected chi connectivity index (χ1v) is 6.88. The molecule has 0 aromatic carbocycles. The molecular weight excluding hydrogens is 240 g/mol. The molecule has 2 aromatic rings. The Balaban J connectivity index is 1.91. The van der Waals surface area contributed by atoms with Crippen molar-refractivity contribution < 1.29 is 4.74 Å². The van der Waals surface area contributed by atoms with E-state index < -0.39 is 0 Å². The van der Waals surface area contributed by atoms with E-state index in [0.29, 0.717) is 6.04 Å². The third-order valence-corrected chi connectivity index (χ3v) is 3.58. The van der Waals surface area contributed by atoms with Crippen LogP contribution >= 0.6 is 0 Å². The van der Waals surface area contributed by atoms with Gasteiger partial charge in [0.1, 0.15) is 11.3 Å². The molecule has 2 N–H and O–H groups in total. The highest BCUT2D eigenvalue weighted by Crippen LogP contribution is 2.39. The predicted octanol–water partition coefficient (Wildman–Crippen LogP) is 2.19. The molecule has 0 saturated heterocycles. The number of imidazole rings is 1. The lowest BCUT2D eigenvalue weighted by atomic mass is 10.1. The van der Waals surface area contributed by atoms with Crippen molar-refractivity contribution in [3.8, 4) is 0 Å². The molecule has 0 aliphatic heterocycles. The zero-order chi connectivity index (χ0) is 13.2. The van der Waals surface area contributed by atoms with Crippen molar-refractivity contribution >= 4 is 11.2 Å². The van der Waals surface area contributed by atoms with Crippen molar-refractivity contribution in [2.45, 2.75) is 37.8 Å². The van der Waals surface area contributed by atoms with Crippen LogP contribution in [0.15, 0.2) is 18.3 Å². The van der Waals surface area contributed by atoms with Gasteiger partial charge in [-0.2, -0.15) is 0 Å². The minimum absolute atomic E-state index is 0.0371. The molecule has 1 aliphatic rings. The Hall–Kier alpha value is -1.46. The van der Waals surface area contributed by atoms with Crippen LogP contribution in [0.25, 0.3) is 11.2 Å². The summed E-state index contributed by atoms with van der Waals surface area (Å²) in [6.45, 7) is 0.746. The molecule has 3 rings (SSSR count). The number of methoxy groups -OCH3 is 1. The first kappa shape index (κ1) is 12.6. The zero-order valence-corrected chi connectivity index (χ0v) is 11.2. The predicted molar refractivity (Wildman–Crippen MR) is 73.8 cm³/mol. The van der Waals surface area contributed by atoms with Gasteiger partial charge in [-0.05, 0) is 37.8 Å². The molecule has 1 atom stereocenters. The maximum absolute atomic E-state index is 6.30. The Bertz CT molecular complexity index is 562. The second kappa shape index (κ2) is 5.27. The largest absolute Gasteiger partial charge is 0.385 e. The van der Waals surface area contributed by atoms with Crippen LogP contribution in [0.3, 0.4) is 0 Å². The fraction of sp³-hybridized carbons (Fsp3) is 0.571. The molecular formula is C14H20N4O. The zero-order valence-electron chi connectivity index (χ0n) is 11.2. The number of hydrogen-bond acceptors (Lipinski definition) is 4. The number of pyridine rings is 1. The van der Waals surface area contributed by atoms with Gasteiger partial charge in [-0.3, -0.25) is 0 Å².